The van der Waals surface area contributed by atoms with Crippen molar-refractivity contribution in [3.8, 4) is 11.5 Å². The van der Waals surface area contributed by atoms with E-state index in [1.54, 1.807) is 26.0 Å². The van der Waals surface area contributed by atoms with Crippen LogP contribution in [0.1, 0.15) is 114 Å². The highest BCUT2D eigenvalue weighted by molar-refractivity contribution is 7.91. The molecule has 38 nitrogen and oxygen atoms in total. The summed E-state index contributed by atoms with van der Waals surface area (Å²) in [4.78, 5) is 208. The maximum absolute atomic E-state index is 15.2. The fourth-order valence-corrected chi connectivity index (χ4v) is 13.8. The fraction of sp³-hybridized carbons (Fsp3) is 0.574. The first-order valence-electron chi connectivity index (χ1n) is 34.5. The molecule has 2 saturated heterocycles. The predicted molar refractivity (Wildman–Crippen MR) is 367 cm³/mol. The topological polar surface area (TPSA) is 546 Å². The third-order valence-electron chi connectivity index (χ3n) is 18.2. The van der Waals surface area contributed by atoms with Crippen LogP contribution in [0.3, 0.4) is 0 Å². The number of benzene rings is 2. The van der Waals surface area contributed by atoms with E-state index in [2.05, 4.69) is 42.2 Å². The number of carbonyl (C=O) groups is 15. The summed E-state index contributed by atoms with van der Waals surface area (Å²) in [6.07, 6.45) is -9.98. The van der Waals surface area contributed by atoms with Crippen molar-refractivity contribution in [2.75, 3.05) is 59.3 Å². The Morgan fingerprint density at radius 3 is 2.09 bits per heavy atom. The maximum Gasteiger partial charge on any atom is 0.409 e. The predicted octanol–water partition coefficient (Wildman–Crippen LogP) is -2.62. The number of rotatable bonds is 24. The normalized spacial score (nSPS) is 25.0. The molecular weight excluding hydrogens is 1430 g/mol. The number of carbonyl (C=O) groups excluding carboxylic acids is 14. The summed E-state index contributed by atoms with van der Waals surface area (Å²) in [7, 11) is 2.48. The molecule has 0 saturated carbocycles. The molecule has 15 atom stereocenters. The highest BCUT2D eigenvalue weighted by Gasteiger charge is 2.56. The second-order valence-electron chi connectivity index (χ2n) is 26.1. The zero-order valence-electron chi connectivity index (χ0n) is 60.1. The number of carboxylic acid groups (broad SMARTS) is 1. The molecule has 2 aromatic carbocycles. The lowest BCUT2D eigenvalue weighted by atomic mass is 9.94. The number of aromatic nitrogens is 1. The lowest BCUT2D eigenvalue weighted by molar-refractivity contribution is -0.282. The second-order valence-corrected chi connectivity index (χ2v) is 27.5. The number of primary amides is 1. The van der Waals surface area contributed by atoms with E-state index >= 15 is 4.55 Å². The molecule has 4 aliphatic heterocycles. The van der Waals surface area contributed by atoms with Gasteiger partial charge < -0.3 is 116 Å². The molecule has 0 radical (unpaired) electrons. The molecule has 0 aliphatic carbocycles. The molecule has 4 aliphatic rings. The molecule has 13 N–H and O–H groups in total. The lowest BCUT2D eigenvalue weighted by Gasteiger charge is -2.43. The number of H-pyrrole nitrogens is 1. The number of nitrogens with zero attached hydrogens (tertiary/aromatic N) is 2. The molecule has 107 heavy (non-hydrogen) atoms. The highest BCUT2D eigenvalue weighted by Crippen LogP contribution is 2.35. The quantitative estimate of drug-likeness (QED) is 0.0189. The van der Waals surface area contributed by atoms with Crippen LogP contribution in [0.15, 0.2) is 41.4 Å². The van der Waals surface area contributed by atoms with Gasteiger partial charge in [0.1, 0.15) is 59.6 Å². The zero-order valence-corrected chi connectivity index (χ0v) is 60.9. The number of methoxy groups -OCH3 is 1. The number of carboxylic acids is 1. The first-order valence-corrected chi connectivity index (χ1v) is 35.8. The Morgan fingerprint density at radius 2 is 1.44 bits per heavy atom. The van der Waals surface area contributed by atoms with Crippen LogP contribution >= 0.6 is 0 Å². The van der Waals surface area contributed by atoms with Crippen LogP contribution in [0.25, 0.3) is 10.9 Å². The van der Waals surface area contributed by atoms with Gasteiger partial charge in [0.05, 0.1) is 51.5 Å². The maximum atomic E-state index is 15.2. The number of hydrogen-bond acceptors (Lipinski definition) is 26. The van der Waals surface area contributed by atoms with E-state index in [0.717, 1.165) is 38.8 Å². The average molecular weight is 1530 g/mol. The summed E-state index contributed by atoms with van der Waals surface area (Å²) in [5.41, 5.74) is 5.60. The van der Waals surface area contributed by atoms with Gasteiger partial charge in [-0.25, -0.2) is 14.4 Å². The van der Waals surface area contributed by atoms with Crippen LogP contribution < -0.4 is 52.4 Å². The molecular formula is C68H91N11O27S. The van der Waals surface area contributed by atoms with Gasteiger partial charge in [-0.05, 0) is 61.4 Å². The number of aliphatic hydroxyl groups is 2. The summed E-state index contributed by atoms with van der Waals surface area (Å²) >= 11 is -2.44. The number of ether oxygens (including phenoxy) is 8. The third-order valence-corrected chi connectivity index (χ3v) is 19.6. The number of aromatic amines is 1. The van der Waals surface area contributed by atoms with E-state index in [0.29, 0.717) is 32.1 Å². The van der Waals surface area contributed by atoms with Crippen LogP contribution in [0.4, 0.5) is 4.79 Å². The zero-order chi connectivity index (χ0) is 78.7. The van der Waals surface area contributed by atoms with Crippen molar-refractivity contribution in [2.24, 2.45) is 17.6 Å². The molecule has 2 unspecified atom stereocenters. The number of aliphatic hydroxyl groups excluding tert-OH is 2. The van der Waals surface area contributed by atoms with Crippen LogP contribution in [-0.2, 0) is 115 Å². The van der Waals surface area contributed by atoms with Gasteiger partial charge in [0.2, 0.25) is 70.6 Å². The first-order chi connectivity index (χ1) is 50.7. The minimum absolute atomic E-state index is 0.00122. The number of aromatic carboxylic acids is 1. The van der Waals surface area contributed by atoms with Crippen molar-refractivity contribution in [2.45, 2.75) is 184 Å². The van der Waals surface area contributed by atoms with Crippen molar-refractivity contribution in [1.29, 1.82) is 0 Å². The Balaban J connectivity index is 1.08. The molecule has 2 bridgehead atoms. The van der Waals surface area contributed by atoms with Crippen LogP contribution in [0.5, 0.6) is 11.5 Å². The summed E-state index contributed by atoms with van der Waals surface area (Å²) < 4.78 is 59.2. The number of hydrogen-bond donors (Lipinski definition) is 12. The molecule has 7 rings (SSSR count). The van der Waals surface area contributed by atoms with Crippen molar-refractivity contribution in [3.05, 3.63) is 53.1 Å². The lowest BCUT2D eigenvalue weighted by Crippen LogP contribution is -2.64. The van der Waals surface area contributed by atoms with Crippen LogP contribution in [-0.4, -0.2) is 256 Å². The first kappa shape index (κ1) is 83.9. The molecule has 3 aromatic rings. The van der Waals surface area contributed by atoms with Crippen molar-refractivity contribution in [1.82, 2.24) is 52.0 Å². The minimum atomic E-state index is -2.44. The fourth-order valence-electron chi connectivity index (χ4n) is 12.4. The second kappa shape index (κ2) is 38.8. The van der Waals surface area contributed by atoms with Crippen molar-refractivity contribution < 1.29 is 130 Å². The Labute approximate surface area is 616 Å². The van der Waals surface area contributed by atoms with Crippen LogP contribution in [0, 0.1) is 11.8 Å². The Bertz CT molecular complexity index is 3820. The summed E-state index contributed by atoms with van der Waals surface area (Å²) in [6, 6.07) is -1.46. The minimum Gasteiger partial charge on any atom is -0.610 e. The largest absolute Gasteiger partial charge is 0.610 e. The van der Waals surface area contributed by atoms with E-state index in [1.807, 2.05) is 0 Å². The highest BCUT2D eigenvalue weighted by atomic mass is 32.2. The number of esters is 4. The van der Waals surface area contributed by atoms with E-state index in [9.17, 15) is 87.2 Å². The van der Waals surface area contributed by atoms with Gasteiger partial charge in [0.15, 0.2) is 24.4 Å². The molecule has 5 heterocycles. The molecule has 2 fully saturated rings. The Morgan fingerprint density at radius 1 is 0.776 bits per heavy atom. The number of nitrogens with one attached hydrogen (secondary N) is 8. The van der Waals surface area contributed by atoms with E-state index < -0.39 is 241 Å². The van der Waals surface area contributed by atoms with Gasteiger partial charge in [-0.1, -0.05) is 46.1 Å². The van der Waals surface area contributed by atoms with E-state index in [4.69, 9.17) is 43.6 Å². The van der Waals surface area contributed by atoms with E-state index in [1.165, 1.54) is 37.1 Å². The number of nitrogens with two attached hydrogens (primary N) is 1. The molecule has 39 heteroatoms. The van der Waals surface area contributed by atoms with Gasteiger partial charge in [-0.3, -0.25) is 57.5 Å². The summed E-state index contributed by atoms with van der Waals surface area (Å²) in [5, 5.41) is 49.0. The van der Waals surface area contributed by atoms with Crippen molar-refractivity contribution in [3.63, 3.8) is 0 Å². The Hall–Kier alpha value is -10.4. The molecule has 10 amide bonds. The van der Waals surface area contributed by atoms with Crippen molar-refractivity contribution >= 4 is 111 Å². The molecule has 0 spiro atoms. The Kier molecular flexibility index (Phi) is 30.4. The van der Waals surface area contributed by atoms with Crippen LogP contribution in [0.2, 0.25) is 0 Å². The van der Waals surface area contributed by atoms with Gasteiger partial charge >= 0.3 is 35.9 Å². The standard InChI is InChI=1S/C68H91N11O27S/c1-9-32(2)52-61(91)71-27-50(86)72-45-31-107(98)63-40(25-43(58(88)70-28-51(87)76-52)73-62(92)53(33(3)47(84)29-80)77-60(90)46-15-14-21-79(46)64(93)44(26-49(69)85)74-59(45)89)39-18-17-38(24-42(39)75-63)100-22-13-11-10-12-20-78(7)68(97)101-30-37-16-19-48(41(23-37)65(94)95)105-67-57(104-36(6)83)55(103-35(5)82)54(102-34(4)81)56(106-67)66(96)99-8/h16-19,23-24,32-33,43-47,52-57,67,75,80,84H,9-15,20-22,25-31H2,1-8H3,(H2,69,85)(H,70,88)(H,71,91)(H,72,86)(H,73,92)(H,74,89)(H,76,87)(H,77,90)(H,94,95)/t32-,33-,43-,44-,45-,46?,47-,52-,53-,54-,55-,56-,57+,67+,107?/m0/s1. The summed E-state index contributed by atoms with van der Waals surface area (Å²) in [6.45, 7) is 5.05. The smallest absolute Gasteiger partial charge is 0.409 e. The number of unbranched alkanes of at least 4 members (excludes halogenated alkanes) is 3. The average Bonchev–Trinajstić information content (AvgIpc) is 0.986. The molecule has 1 aromatic heterocycles. The SMILES string of the molecule is CC[C@H](C)[C@@H]1NC(=O)CNC(=O)[C@@H]2Cc3c([nH]c4cc(OCCCCCCN(C)C(=O)OCc5ccc(O[C@@H]6O[C@H](C(=O)OC)[C@@H](OC(C)=O)[C@H](OC(C)=O)[C@H]6OC(C)=O)c(C(=O)O)c5)ccc34)[S+]([O-])C[C@H](NC(=O)CNC1=O)C(=O)N[C@@H](CC(N)=O)C(=O)N1CCCC1C(=O)N[C@@H]([C@@H](C)[C@@H](O)CO)C(=O)N2. The number of fused-ring (bicyclic) bond motifs is 5. The summed E-state index contributed by atoms with van der Waals surface area (Å²) in [5.74, 6) is -17.3. The van der Waals surface area contributed by atoms with Gasteiger partial charge in [0.25, 0.3) is 0 Å². The third kappa shape index (κ3) is 22.6. The number of amides is 10. The van der Waals surface area contributed by atoms with Gasteiger partial charge in [-0.2, -0.15) is 0 Å². The van der Waals surface area contributed by atoms with Gasteiger partial charge in [-0.15, -0.1) is 0 Å². The van der Waals surface area contributed by atoms with E-state index in [-0.39, 0.29) is 65.3 Å². The molecule has 586 valence electrons. The monoisotopic (exact) mass is 1530 g/mol. The van der Waals surface area contributed by atoms with Gasteiger partial charge in [0, 0.05) is 81.4 Å².